The Morgan fingerprint density at radius 3 is 1.39 bits per heavy atom. The molecule has 0 saturated carbocycles. The van der Waals surface area contributed by atoms with Gasteiger partial charge in [-0.3, -0.25) is 0 Å². The molecule has 2 N–H and O–H groups in total. The number of benzene rings is 2. The molecular weight excluding hydrogens is 320 g/mol. The first-order valence-corrected chi connectivity index (χ1v) is 8.06. The van der Waals surface area contributed by atoms with E-state index in [1.54, 1.807) is 0 Å². The highest BCUT2D eigenvalue weighted by Crippen LogP contribution is 2.27. The molecule has 2 rings (SSSR count). The molecule has 2 aromatic carbocycles. The molecule has 23 heavy (non-hydrogen) atoms. The second kappa shape index (κ2) is 5.85. The van der Waals surface area contributed by atoms with Crippen molar-refractivity contribution in [1.29, 1.82) is 0 Å². The van der Waals surface area contributed by atoms with E-state index in [-0.39, 0.29) is 20.9 Å². The van der Waals surface area contributed by atoms with E-state index in [4.69, 9.17) is 10.2 Å². The average molecular weight is 334 g/mol. The Bertz CT molecular complexity index is 843. The zero-order valence-corrected chi connectivity index (χ0v) is 13.2. The smallest absolute Gasteiger partial charge is 0.335 e. The summed E-state index contributed by atoms with van der Waals surface area (Å²) in [5.74, 6) is -2.28. The second-order valence-corrected chi connectivity index (χ2v) is 6.96. The molecule has 0 aliphatic heterocycles. The molecule has 0 aromatic heterocycles. The van der Waals surface area contributed by atoms with Gasteiger partial charge in [0.2, 0.25) is 9.84 Å². The zero-order valence-electron chi connectivity index (χ0n) is 12.4. The van der Waals surface area contributed by atoms with Gasteiger partial charge in [-0.2, -0.15) is 0 Å². The molecular formula is C16H14O6S. The quantitative estimate of drug-likeness (QED) is 0.889. The monoisotopic (exact) mass is 334 g/mol. The SMILES string of the molecule is Cc1cc(C(=O)O)ccc1S(=O)(=O)c1ccc(C(=O)O)cc1C. The van der Waals surface area contributed by atoms with Crippen molar-refractivity contribution < 1.29 is 28.2 Å². The Morgan fingerprint density at radius 2 is 1.13 bits per heavy atom. The zero-order chi connectivity index (χ0) is 17.4. The van der Waals surface area contributed by atoms with Crippen molar-refractivity contribution in [3.05, 3.63) is 58.7 Å². The molecule has 0 saturated heterocycles. The predicted molar refractivity (Wildman–Crippen MR) is 81.7 cm³/mol. The average Bonchev–Trinajstić information content (AvgIpc) is 2.46. The molecule has 0 bridgehead atoms. The summed E-state index contributed by atoms with van der Waals surface area (Å²) < 4.78 is 25.5. The fraction of sp³-hybridized carbons (Fsp3) is 0.125. The number of aryl methyl sites for hydroxylation is 2. The lowest BCUT2D eigenvalue weighted by atomic mass is 10.1. The number of hydrogen-bond acceptors (Lipinski definition) is 4. The van der Waals surface area contributed by atoms with Gasteiger partial charge in [0.25, 0.3) is 0 Å². The number of carboxylic acids is 2. The summed E-state index contributed by atoms with van der Waals surface area (Å²) in [6.45, 7) is 3.03. The van der Waals surface area contributed by atoms with Crippen molar-refractivity contribution in [2.24, 2.45) is 0 Å². The fourth-order valence-corrected chi connectivity index (χ4v) is 3.98. The summed E-state index contributed by atoms with van der Waals surface area (Å²) in [5.41, 5.74) is 0.622. The first-order chi connectivity index (χ1) is 10.6. The lowest BCUT2D eigenvalue weighted by molar-refractivity contribution is 0.0686. The molecule has 0 unspecified atom stereocenters. The van der Waals surface area contributed by atoms with Crippen LogP contribution in [0, 0.1) is 13.8 Å². The largest absolute Gasteiger partial charge is 0.478 e. The van der Waals surface area contributed by atoms with Crippen LogP contribution in [0.2, 0.25) is 0 Å². The number of rotatable bonds is 4. The Balaban J connectivity index is 2.59. The van der Waals surface area contributed by atoms with E-state index in [1.165, 1.54) is 50.2 Å². The first kappa shape index (κ1) is 16.7. The normalized spacial score (nSPS) is 11.2. The van der Waals surface area contributed by atoms with Gasteiger partial charge in [0, 0.05) is 0 Å². The van der Waals surface area contributed by atoms with Crippen molar-refractivity contribution in [2.45, 2.75) is 23.6 Å². The Morgan fingerprint density at radius 1 is 0.783 bits per heavy atom. The van der Waals surface area contributed by atoms with Crippen LogP contribution in [0.15, 0.2) is 46.2 Å². The van der Waals surface area contributed by atoms with Gasteiger partial charge in [0.05, 0.1) is 20.9 Å². The molecule has 120 valence electrons. The van der Waals surface area contributed by atoms with Crippen molar-refractivity contribution >= 4 is 21.8 Å². The van der Waals surface area contributed by atoms with E-state index in [2.05, 4.69) is 0 Å². The molecule has 0 radical (unpaired) electrons. The van der Waals surface area contributed by atoms with Crippen LogP contribution in [0.5, 0.6) is 0 Å². The molecule has 0 aliphatic carbocycles. The van der Waals surface area contributed by atoms with Crippen LogP contribution in [0.25, 0.3) is 0 Å². The summed E-state index contributed by atoms with van der Waals surface area (Å²) in [7, 11) is -3.87. The molecule has 6 nitrogen and oxygen atoms in total. The summed E-state index contributed by atoms with van der Waals surface area (Å²) in [6, 6.07) is 7.52. The van der Waals surface area contributed by atoms with Gasteiger partial charge in [-0.25, -0.2) is 18.0 Å². The predicted octanol–water partition coefficient (Wildman–Crippen LogP) is 2.53. The van der Waals surface area contributed by atoms with Crippen LogP contribution >= 0.6 is 0 Å². The molecule has 2 aromatic rings. The molecule has 0 amide bonds. The minimum absolute atomic E-state index is 0.000558. The van der Waals surface area contributed by atoms with Crippen LogP contribution in [0.4, 0.5) is 0 Å². The number of carbonyl (C=O) groups is 2. The van der Waals surface area contributed by atoms with E-state index in [0.717, 1.165) is 0 Å². The lowest BCUT2D eigenvalue weighted by Crippen LogP contribution is -2.08. The van der Waals surface area contributed by atoms with Gasteiger partial charge in [-0.15, -0.1) is 0 Å². The Hall–Kier alpha value is -2.67. The van der Waals surface area contributed by atoms with Crippen molar-refractivity contribution in [3.8, 4) is 0 Å². The van der Waals surface area contributed by atoms with E-state index in [1.807, 2.05) is 0 Å². The van der Waals surface area contributed by atoms with Crippen molar-refractivity contribution in [2.75, 3.05) is 0 Å². The summed E-state index contributed by atoms with van der Waals surface area (Å²) >= 11 is 0. The summed E-state index contributed by atoms with van der Waals surface area (Å²) in [6.07, 6.45) is 0. The second-order valence-electron chi connectivity index (χ2n) is 5.07. The van der Waals surface area contributed by atoms with Crippen LogP contribution < -0.4 is 0 Å². The van der Waals surface area contributed by atoms with Crippen LogP contribution in [0.3, 0.4) is 0 Å². The number of carboxylic acid groups (broad SMARTS) is 2. The van der Waals surface area contributed by atoms with Gasteiger partial charge >= 0.3 is 11.9 Å². The first-order valence-electron chi connectivity index (χ1n) is 6.57. The lowest BCUT2D eigenvalue weighted by Gasteiger charge is -2.11. The van der Waals surface area contributed by atoms with Crippen LogP contribution in [-0.4, -0.2) is 30.6 Å². The van der Waals surface area contributed by atoms with Gasteiger partial charge in [0.15, 0.2) is 0 Å². The van der Waals surface area contributed by atoms with Gasteiger partial charge in [0.1, 0.15) is 0 Å². The molecule has 0 spiro atoms. The maximum Gasteiger partial charge on any atom is 0.335 e. The van der Waals surface area contributed by atoms with Gasteiger partial charge in [-0.1, -0.05) is 0 Å². The Kier molecular flexibility index (Phi) is 4.24. The third kappa shape index (κ3) is 3.09. The standard InChI is InChI=1S/C16H14O6S/c1-9-7-11(15(17)18)3-5-13(9)23(21,22)14-6-4-12(16(19)20)8-10(14)2/h3-8H,1-2H3,(H,17,18)(H,19,20). The van der Waals surface area contributed by atoms with Crippen LogP contribution in [-0.2, 0) is 9.84 Å². The number of aromatic carboxylic acids is 2. The minimum Gasteiger partial charge on any atom is -0.478 e. The van der Waals surface area contributed by atoms with E-state index in [9.17, 15) is 18.0 Å². The number of hydrogen-bond donors (Lipinski definition) is 2. The van der Waals surface area contributed by atoms with Crippen LogP contribution in [0.1, 0.15) is 31.8 Å². The van der Waals surface area contributed by atoms with E-state index < -0.39 is 21.8 Å². The number of sulfone groups is 1. The minimum atomic E-state index is -3.87. The van der Waals surface area contributed by atoms with E-state index >= 15 is 0 Å². The highest BCUT2D eigenvalue weighted by molar-refractivity contribution is 7.91. The fourth-order valence-electron chi connectivity index (χ4n) is 2.29. The molecule has 0 fully saturated rings. The van der Waals surface area contributed by atoms with Gasteiger partial charge in [-0.05, 0) is 61.4 Å². The van der Waals surface area contributed by atoms with Crippen molar-refractivity contribution in [1.82, 2.24) is 0 Å². The third-order valence-corrected chi connectivity index (χ3v) is 5.50. The van der Waals surface area contributed by atoms with E-state index in [0.29, 0.717) is 11.1 Å². The molecule has 0 heterocycles. The summed E-state index contributed by atoms with van der Waals surface area (Å²) in [5, 5.41) is 17.9. The molecule has 7 heteroatoms. The molecule has 0 atom stereocenters. The maximum absolute atomic E-state index is 12.7. The Labute approximate surface area is 132 Å². The maximum atomic E-state index is 12.7. The highest BCUT2D eigenvalue weighted by Gasteiger charge is 2.23. The highest BCUT2D eigenvalue weighted by atomic mass is 32.2. The topological polar surface area (TPSA) is 109 Å². The third-order valence-electron chi connectivity index (χ3n) is 3.42. The molecule has 0 aliphatic rings. The van der Waals surface area contributed by atoms with Crippen molar-refractivity contribution in [3.63, 3.8) is 0 Å². The summed E-state index contributed by atoms with van der Waals surface area (Å²) in [4.78, 5) is 21.9. The van der Waals surface area contributed by atoms with Gasteiger partial charge < -0.3 is 10.2 Å².